The van der Waals surface area contributed by atoms with Crippen LogP contribution >= 0.6 is 0 Å². The molecule has 0 bridgehead atoms. The van der Waals surface area contributed by atoms with Crippen LogP contribution in [0.25, 0.3) is 11.3 Å². The van der Waals surface area contributed by atoms with Gasteiger partial charge < -0.3 is 26.2 Å². The van der Waals surface area contributed by atoms with E-state index in [1.54, 1.807) is 33.0 Å². The Morgan fingerprint density at radius 3 is 2.32 bits per heavy atom. The molecular formula is C28H40N4O5. The van der Waals surface area contributed by atoms with Crippen LogP contribution in [0, 0.1) is 11.8 Å². The number of hydrogen-bond donors (Lipinski definition) is 4. The van der Waals surface area contributed by atoms with Crippen molar-refractivity contribution in [1.29, 1.82) is 0 Å². The van der Waals surface area contributed by atoms with E-state index in [1.807, 2.05) is 50.2 Å². The standard InChI is InChI=1S/C28H40N4O5/c1-17(2)14-21(29)26(35)32-25(24(18(3)33)27(36)37-28(4,5)6)31-23(34)16-19-10-9-11-20(15-19)22-12-7-8-13-30-22/h7-13,15,17-18,21,24-25,33H,14,16,29H2,1-6H3,(H,31,34)(H,32,35)/t18?,21-,24-,25?/m1/s1. The lowest BCUT2D eigenvalue weighted by Crippen LogP contribution is -2.60. The second-order valence-electron chi connectivity index (χ2n) is 10.7. The highest BCUT2D eigenvalue weighted by molar-refractivity contribution is 5.85. The van der Waals surface area contributed by atoms with Crippen LogP contribution in [0.1, 0.15) is 53.5 Å². The Kier molecular flexibility index (Phi) is 10.8. The van der Waals surface area contributed by atoms with Gasteiger partial charge in [0.15, 0.2) is 0 Å². The molecular weight excluding hydrogens is 472 g/mol. The highest BCUT2D eigenvalue weighted by Crippen LogP contribution is 2.19. The number of hydrogen-bond acceptors (Lipinski definition) is 7. The van der Waals surface area contributed by atoms with E-state index in [4.69, 9.17) is 10.5 Å². The van der Waals surface area contributed by atoms with Gasteiger partial charge in [-0.15, -0.1) is 0 Å². The molecule has 2 unspecified atom stereocenters. The second kappa shape index (κ2) is 13.3. The molecule has 0 aliphatic carbocycles. The highest BCUT2D eigenvalue weighted by atomic mass is 16.6. The van der Waals surface area contributed by atoms with Crippen LogP contribution < -0.4 is 16.4 Å². The molecule has 2 rings (SSSR count). The van der Waals surface area contributed by atoms with E-state index in [9.17, 15) is 19.5 Å². The Balaban J connectivity index is 2.27. The fourth-order valence-corrected chi connectivity index (χ4v) is 3.86. The monoisotopic (exact) mass is 512 g/mol. The molecule has 2 amide bonds. The number of aromatic nitrogens is 1. The largest absolute Gasteiger partial charge is 0.460 e. The third-order valence-electron chi connectivity index (χ3n) is 5.49. The maximum absolute atomic E-state index is 13.1. The Morgan fingerprint density at radius 2 is 1.76 bits per heavy atom. The van der Waals surface area contributed by atoms with E-state index in [0.29, 0.717) is 12.0 Å². The summed E-state index contributed by atoms with van der Waals surface area (Å²) in [5.41, 5.74) is 7.55. The molecule has 0 spiro atoms. The highest BCUT2D eigenvalue weighted by Gasteiger charge is 2.38. The molecule has 1 heterocycles. The number of aliphatic hydroxyl groups excluding tert-OH is 1. The minimum Gasteiger partial charge on any atom is -0.460 e. The molecule has 0 radical (unpaired) electrons. The molecule has 202 valence electrons. The maximum atomic E-state index is 13.1. The van der Waals surface area contributed by atoms with E-state index in [2.05, 4.69) is 15.6 Å². The molecule has 37 heavy (non-hydrogen) atoms. The van der Waals surface area contributed by atoms with E-state index in [1.165, 1.54) is 6.92 Å². The second-order valence-corrected chi connectivity index (χ2v) is 10.7. The Labute approximate surface area is 219 Å². The van der Waals surface area contributed by atoms with Crippen molar-refractivity contribution in [1.82, 2.24) is 15.6 Å². The molecule has 1 aromatic heterocycles. The molecule has 9 heteroatoms. The normalized spacial score (nSPS) is 14.8. The predicted molar refractivity (Wildman–Crippen MR) is 142 cm³/mol. The summed E-state index contributed by atoms with van der Waals surface area (Å²) < 4.78 is 5.47. The van der Waals surface area contributed by atoms with Gasteiger partial charge in [0.05, 0.1) is 24.3 Å². The van der Waals surface area contributed by atoms with E-state index >= 15 is 0 Å². The van der Waals surface area contributed by atoms with Gasteiger partial charge in [0, 0.05) is 11.8 Å². The van der Waals surface area contributed by atoms with Crippen LogP contribution in [0.5, 0.6) is 0 Å². The minimum absolute atomic E-state index is 0.0219. The van der Waals surface area contributed by atoms with Crippen molar-refractivity contribution >= 4 is 17.8 Å². The molecule has 0 aliphatic rings. The number of nitrogens with two attached hydrogens (primary N) is 1. The number of carbonyl (C=O) groups is 3. The number of esters is 1. The molecule has 0 fully saturated rings. The van der Waals surface area contributed by atoms with Gasteiger partial charge >= 0.3 is 5.97 Å². The zero-order valence-electron chi connectivity index (χ0n) is 22.5. The van der Waals surface area contributed by atoms with Gasteiger partial charge in [-0.2, -0.15) is 0 Å². The van der Waals surface area contributed by atoms with Crippen LogP contribution in [0.2, 0.25) is 0 Å². The lowest BCUT2D eigenvalue weighted by atomic mass is 9.97. The maximum Gasteiger partial charge on any atom is 0.316 e. The number of amides is 2. The smallest absolute Gasteiger partial charge is 0.316 e. The summed E-state index contributed by atoms with van der Waals surface area (Å²) in [4.78, 5) is 43.3. The number of rotatable bonds is 11. The third-order valence-corrected chi connectivity index (χ3v) is 5.49. The van der Waals surface area contributed by atoms with Gasteiger partial charge in [-0.25, -0.2) is 0 Å². The molecule has 0 saturated heterocycles. The summed E-state index contributed by atoms with van der Waals surface area (Å²) in [5.74, 6) is -2.82. The van der Waals surface area contributed by atoms with Crippen molar-refractivity contribution in [2.45, 2.75) is 78.3 Å². The van der Waals surface area contributed by atoms with Gasteiger partial charge in [0.2, 0.25) is 11.8 Å². The minimum atomic E-state index is -1.25. The topological polar surface area (TPSA) is 144 Å². The van der Waals surface area contributed by atoms with Gasteiger partial charge in [0.25, 0.3) is 0 Å². The molecule has 0 saturated carbocycles. The SMILES string of the molecule is CC(C)C[C@@H](N)C(=O)NC(NC(=O)Cc1cccc(-c2ccccn2)c1)[C@H](C(=O)OC(C)(C)C)C(C)O. The van der Waals surface area contributed by atoms with Gasteiger partial charge in [-0.05, 0) is 63.8 Å². The third kappa shape index (κ3) is 9.93. The summed E-state index contributed by atoms with van der Waals surface area (Å²) in [6.45, 7) is 10.4. The number of carbonyl (C=O) groups excluding carboxylic acids is 3. The number of aliphatic hydroxyl groups is 1. The van der Waals surface area contributed by atoms with Crippen LogP contribution in [0.15, 0.2) is 48.7 Å². The zero-order chi connectivity index (χ0) is 27.8. The van der Waals surface area contributed by atoms with Crippen LogP contribution in [0.4, 0.5) is 0 Å². The van der Waals surface area contributed by atoms with E-state index < -0.39 is 47.6 Å². The lowest BCUT2D eigenvalue weighted by Gasteiger charge is -2.32. The van der Waals surface area contributed by atoms with Crippen LogP contribution in [0.3, 0.4) is 0 Å². The van der Waals surface area contributed by atoms with Crippen LogP contribution in [-0.2, 0) is 25.5 Å². The Morgan fingerprint density at radius 1 is 1.05 bits per heavy atom. The first kappa shape index (κ1) is 29.9. The molecule has 4 atom stereocenters. The lowest BCUT2D eigenvalue weighted by molar-refractivity contribution is -0.165. The van der Waals surface area contributed by atoms with E-state index in [-0.39, 0.29) is 12.3 Å². The van der Waals surface area contributed by atoms with Crippen molar-refractivity contribution in [2.24, 2.45) is 17.6 Å². The molecule has 1 aromatic carbocycles. The fraction of sp³-hybridized carbons (Fsp3) is 0.500. The quantitative estimate of drug-likeness (QED) is 0.268. The van der Waals surface area contributed by atoms with E-state index in [0.717, 1.165) is 11.3 Å². The van der Waals surface area contributed by atoms with Gasteiger partial charge in [-0.1, -0.05) is 38.1 Å². The van der Waals surface area contributed by atoms with Gasteiger partial charge in [0.1, 0.15) is 17.7 Å². The van der Waals surface area contributed by atoms with Crippen molar-refractivity contribution < 1.29 is 24.2 Å². The average molecular weight is 513 g/mol. The van der Waals surface area contributed by atoms with Crippen molar-refractivity contribution in [3.05, 3.63) is 54.2 Å². The number of nitrogens with zero attached hydrogens (tertiary/aromatic N) is 1. The predicted octanol–water partition coefficient (Wildman–Crippen LogP) is 2.56. The summed E-state index contributed by atoms with van der Waals surface area (Å²) in [6.07, 6.45) is -0.370. The molecule has 9 nitrogen and oxygen atoms in total. The first-order chi connectivity index (χ1) is 17.3. The van der Waals surface area contributed by atoms with Crippen molar-refractivity contribution in [2.75, 3.05) is 0 Å². The number of nitrogens with one attached hydrogen (secondary N) is 2. The Hall–Kier alpha value is -3.30. The summed E-state index contributed by atoms with van der Waals surface area (Å²) >= 11 is 0. The van der Waals surface area contributed by atoms with Gasteiger partial charge in [-0.3, -0.25) is 19.4 Å². The number of pyridine rings is 1. The van der Waals surface area contributed by atoms with Crippen molar-refractivity contribution in [3.8, 4) is 11.3 Å². The number of ether oxygens (including phenoxy) is 1. The molecule has 2 aromatic rings. The molecule has 5 N–H and O–H groups in total. The van der Waals surface area contributed by atoms with Crippen molar-refractivity contribution in [3.63, 3.8) is 0 Å². The zero-order valence-corrected chi connectivity index (χ0v) is 22.5. The number of benzene rings is 1. The first-order valence-corrected chi connectivity index (χ1v) is 12.5. The summed E-state index contributed by atoms with van der Waals surface area (Å²) in [5, 5.41) is 15.8. The summed E-state index contributed by atoms with van der Waals surface area (Å²) in [7, 11) is 0. The first-order valence-electron chi connectivity index (χ1n) is 12.5. The van der Waals surface area contributed by atoms with Crippen LogP contribution in [-0.4, -0.2) is 51.8 Å². The average Bonchev–Trinajstić information content (AvgIpc) is 2.77. The summed E-state index contributed by atoms with van der Waals surface area (Å²) in [6, 6.07) is 12.1. The molecule has 0 aliphatic heterocycles. The Bertz CT molecular complexity index is 1050. The fourth-order valence-electron chi connectivity index (χ4n) is 3.86.